The molecule has 0 bridgehead atoms. The van der Waals surface area contributed by atoms with Gasteiger partial charge in [0.05, 0.1) is 17.6 Å². The van der Waals surface area contributed by atoms with Crippen molar-refractivity contribution in [3.8, 4) is 11.5 Å². The van der Waals surface area contributed by atoms with E-state index in [-0.39, 0.29) is 0 Å². The lowest BCUT2D eigenvalue weighted by Crippen LogP contribution is -2.36. The third-order valence-electron chi connectivity index (χ3n) is 4.85. The van der Waals surface area contributed by atoms with Gasteiger partial charge < -0.3 is 9.32 Å². The predicted molar refractivity (Wildman–Crippen MR) is 107 cm³/mol. The van der Waals surface area contributed by atoms with Gasteiger partial charge in [-0.25, -0.2) is 9.56 Å². The van der Waals surface area contributed by atoms with Crippen LogP contribution in [-0.2, 0) is 0 Å². The molecular formula is C20H24N3OS+. The van der Waals surface area contributed by atoms with E-state index in [1.807, 2.05) is 11.8 Å². The first-order valence-corrected chi connectivity index (χ1v) is 10.2. The Morgan fingerprint density at radius 2 is 1.88 bits per heavy atom. The molecule has 130 valence electrons. The van der Waals surface area contributed by atoms with E-state index >= 15 is 0 Å². The van der Waals surface area contributed by atoms with Gasteiger partial charge in [0.15, 0.2) is 24.4 Å². The Kier molecular flexibility index (Phi) is 4.66. The Balaban J connectivity index is 1.84. The zero-order valence-corrected chi connectivity index (χ0v) is 15.7. The van der Waals surface area contributed by atoms with Crippen LogP contribution >= 0.6 is 11.8 Å². The minimum atomic E-state index is 0.850. The van der Waals surface area contributed by atoms with Crippen molar-refractivity contribution in [1.29, 1.82) is 0 Å². The van der Waals surface area contributed by atoms with E-state index in [1.54, 1.807) is 0 Å². The summed E-state index contributed by atoms with van der Waals surface area (Å²) in [5.74, 6) is 3.25. The van der Waals surface area contributed by atoms with Crippen LogP contribution in [0.15, 0.2) is 40.8 Å². The van der Waals surface area contributed by atoms with Crippen LogP contribution in [0.25, 0.3) is 22.6 Å². The highest BCUT2D eigenvalue weighted by atomic mass is 32.2. The van der Waals surface area contributed by atoms with E-state index in [2.05, 4.69) is 59.7 Å². The second-order valence-electron chi connectivity index (χ2n) is 6.29. The number of benzene rings is 2. The van der Waals surface area contributed by atoms with Gasteiger partial charge in [0.2, 0.25) is 5.36 Å². The van der Waals surface area contributed by atoms with Crippen LogP contribution in [0.3, 0.4) is 0 Å². The summed E-state index contributed by atoms with van der Waals surface area (Å²) >= 11 is 2.03. The van der Waals surface area contributed by atoms with Gasteiger partial charge in [-0.05, 0) is 32.0 Å². The van der Waals surface area contributed by atoms with E-state index in [0.717, 1.165) is 48.7 Å². The Bertz CT molecular complexity index is 922. The molecule has 0 amide bonds. The van der Waals surface area contributed by atoms with Crippen molar-refractivity contribution in [3.63, 3.8) is 0 Å². The minimum Gasteiger partial charge on any atom is -0.452 e. The van der Waals surface area contributed by atoms with Crippen LogP contribution in [0, 0.1) is 0 Å². The van der Waals surface area contributed by atoms with Gasteiger partial charge in [-0.2, -0.15) is 0 Å². The van der Waals surface area contributed by atoms with Crippen LogP contribution < -0.4 is 14.8 Å². The number of nitrogens with zero attached hydrogens (tertiary/aromatic N) is 3. The van der Waals surface area contributed by atoms with Crippen LogP contribution in [0.5, 0.6) is 0 Å². The summed E-state index contributed by atoms with van der Waals surface area (Å²) in [7, 11) is 0. The lowest BCUT2D eigenvalue weighted by Gasteiger charge is -2.21. The van der Waals surface area contributed by atoms with Crippen molar-refractivity contribution < 1.29 is 4.42 Å². The van der Waals surface area contributed by atoms with Gasteiger partial charge in [0.1, 0.15) is 11.2 Å². The van der Waals surface area contributed by atoms with Crippen LogP contribution in [0.1, 0.15) is 13.8 Å². The summed E-state index contributed by atoms with van der Waals surface area (Å²) in [6, 6.07) is 12.7. The summed E-state index contributed by atoms with van der Waals surface area (Å²) in [6.07, 6.45) is 0. The van der Waals surface area contributed by atoms with Crippen molar-refractivity contribution in [2.75, 3.05) is 42.6 Å². The van der Waals surface area contributed by atoms with Crippen molar-refractivity contribution >= 4 is 28.5 Å². The van der Waals surface area contributed by atoms with Gasteiger partial charge >= 0.3 is 0 Å². The molecule has 4 nitrogen and oxygen atoms in total. The summed E-state index contributed by atoms with van der Waals surface area (Å²) in [5.41, 5.74) is 3.86. The molecule has 0 radical (unpaired) electrons. The molecule has 0 N–H and O–H groups in total. The quantitative estimate of drug-likeness (QED) is 0.534. The zero-order valence-electron chi connectivity index (χ0n) is 14.9. The Labute approximate surface area is 152 Å². The fourth-order valence-electron chi connectivity index (χ4n) is 3.41. The number of hydrogen-bond acceptors (Lipinski definition) is 4. The van der Waals surface area contributed by atoms with Gasteiger partial charge in [0.25, 0.3) is 0 Å². The molecule has 0 spiro atoms. The maximum absolute atomic E-state index is 6.24. The topological polar surface area (TPSA) is 32.3 Å². The molecule has 1 aromatic rings. The fourth-order valence-corrected chi connectivity index (χ4v) is 4.31. The highest BCUT2D eigenvalue weighted by Gasteiger charge is 2.15. The van der Waals surface area contributed by atoms with Crippen molar-refractivity contribution in [2.45, 2.75) is 13.8 Å². The van der Waals surface area contributed by atoms with E-state index in [1.165, 1.54) is 22.6 Å². The molecule has 1 aromatic carbocycles. The van der Waals surface area contributed by atoms with E-state index in [9.17, 15) is 0 Å². The van der Waals surface area contributed by atoms with Gasteiger partial charge in [-0.1, -0.05) is 0 Å². The number of hydrogen-bond donors (Lipinski definition) is 0. The second-order valence-corrected chi connectivity index (χ2v) is 7.51. The third kappa shape index (κ3) is 3.25. The predicted octanol–water partition coefficient (Wildman–Crippen LogP) is 3.30. The monoisotopic (exact) mass is 354 g/mol. The number of anilines is 1. The second kappa shape index (κ2) is 7.08. The molecule has 1 saturated heterocycles. The standard InChI is InChI=1S/C20H24N3OS/c1-3-22(4-2)15-5-7-17-19(13-15)24-20-14-16(6-8-18(20)21-17)23-9-11-25-12-10-23/h5-8,13-14H,3-4,9-12H2,1-2H3/q+1. The zero-order chi connectivity index (χ0) is 17.2. The molecule has 25 heavy (non-hydrogen) atoms. The number of thioether (sulfide) groups is 1. The highest BCUT2D eigenvalue weighted by molar-refractivity contribution is 7.99. The minimum absolute atomic E-state index is 0.850. The summed E-state index contributed by atoms with van der Waals surface area (Å²) in [6.45, 7) is 8.52. The molecule has 3 aliphatic rings. The first-order valence-electron chi connectivity index (χ1n) is 9.04. The van der Waals surface area contributed by atoms with Crippen molar-refractivity contribution in [3.05, 3.63) is 41.8 Å². The molecule has 4 rings (SSSR count). The van der Waals surface area contributed by atoms with E-state index < -0.39 is 0 Å². The number of rotatable bonds is 3. The molecule has 0 atom stereocenters. The normalized spacial score (nSPS) is 15.0. The average Bonchev–Trinajstić information content (AvgIpc) is 2.67. The first kappa shape index (κ1) is 16.5. The molecule has 1 aliphatic carbocycles. The number of aromatic nitrogens is 1. The average molecular weight is 354 g/mol. The Morgan fingerprint density at radius 3 is 2.64 bits per heavy atom. The molecule has 0 saturated carbocycles. The molecule has 2 aliphatic heterocycles. The van der Waals surface area contributed by atoms with E-state index in [4.69, 9.17) is 9.40 Å². The van der Waals surface area contributed by atoms with Gasteiger partial charge in [0, 0.05) is 30.9 Å². The van der Waals surface area contributed by atoms with Crippen molar-refractivity contribution in [2.24, 2.45) is 0 Å². The van der Waals surface area contributed by atoms with Crippen LogP contribution in [-0.4, -0.2) is 42.7 Å². The third-order valence-corrected chi connectivity index (χ3v) is 5.79. The molecule has 0 unspecified atom stereocenters. The molecule has 1 fully saturated rings. The maximum atomic E-state index is 6.24. The number of fused-ring (bicyclic) bond motifs is 2. The largest absolute Gasteiger partial charge is 0.452 e. The molecule has 2 heterocycles. The Hall–Kier alpha value is -2.01. The smallest absolute Gasteiger partial charge is 0.203 e. The van der Waals surface area contributed by atoms with Crippen LogP contribution in [0.4, 0.5) is 5.69 Å². The van der Waals surface area contributed by atoms with Crippen LogP contribution in [0.2, 0.25) is 0 Å². The molecule has 0 aromatic heterocycles. The van der Waals surface area contributed by atoms with Crippen molar-refractivity contribution in [1.82, 2.24) is 9.56 Å². The molecule has 5 heteroatoms. The first-order chi connectivity index (χ1) is 12.3. The molecular weight excluding hydrogens is 330 g/mol. The summed E-state index contributed by atoms with van der Waals surface area (Å²) < 4.78 is 8.67. The van der Waals surface area contributed by atoms with Gasteiger partial charge in [-0.3, -0.25) is 0 Å². The summed E-state index contributed by atoms with van der Waals surface area (Å²) in [5, 5.41) is 1.23. The Morgan fingerprint density at radius 1 is 1.08 bits per heavy atom. The van der Waals surface area contributed by atoms with E-state index in [0.29, 0.717) is 0 Å². The highest BCUT2D eigenvalue weighted by Crippen LogP contribution is 2.27. The maximum Gasteiger partial charge on any atom is 0.203 e. The summed E-state index contributed by atoms with van der Waals surface area (Å²) in [4.78, 5) is 7.10. The van der Waals surface area contributed by atoms with Gasteiger partial charge in [-0.15, -0.1) is 11.8 Å². The fraction of sp³-hybridized carbons (Fsp3) is 0.400. The lowest BCUT2D eigenvalue weighted by atomic mass is 10.2. The lowest BCUT2D eigenvalue weighted by molar-refractivity contribution is 0.598. The SMILES string of the molecule is CCN(CC)c1ccc2nc3ccc(=[N+]4CCSCC4)cc-3oc2c1.